The molecule has 1 N–H and O–H groups in total. The second kappa shape index (κ2) is 4.93. The molecule has 1 aromatic heterocycles. The fourth-order valence-electron chi connectivity index (χ4n) is 2.52. The van der Waals surface area contributed by atoms with Crippen molar-refractivity contribution >= 4 is 16.7 Å². The van der Waals surface area contributed by atoms with Crippen molar-refractivity contribution in [1.82, 2.24) is 4.98 Å². The number of H-pyrrole nitrogens is 1. The zero-order valence-electron chi connectivity index (χ0n) is 11.1. The highest BCUT2D eigenvalue weighted by Crippen LogP contribution is 2.23. The molecule has 0 aliphatic carbocycles. The highest BCUT2D eigenvalue weighted by atomic mass is 19.1. The summed E-state index contributed by atoms with van der Waals surface area (Å²) in [6, 6.07) is 12.1. The topological polar surface area (TPSA) is 32.9 Å². The van der Waals surface area contributed by atoms with Gasteiger partial charge in [-0.1, -0.05) is 24.3 Å². The number of Topliss-reactive ketones (excluding diaryl/α,β-unsaturated/α-hetero) is 1. The van der Waals surface area contributed by atoms with Crippen LogP contribution < -0.4 is 0 Å². The lowest BCUT2D eigenvalue weighted by molar-refractivity contribution is 0.0994. The molecular formula is C17H14FNO. The number of fused-ring (bicyclic) bond motifs is 1. The van der Waals surface area contributed by atoms with Gasteiger partial charge in [0.05, 0.1) is 0 Å². The van der Waals surface area contributed by atoms with Crippen LogP contribution in [0.15, 0.2) is 48.7 Å². The predicted octanol–water partition coefficient (Wildman–Crippen LogP) is 4.04. The van der Waals surface area contributed by atoms with Crippen molar-refractivity contribution in [3.63, 3.8) is 0 Å². The van der Waals surface area contributed by atoms with Crippen molar-refractivity contribution in [2.45, 2.75) is 13.3 Å². The van der Waals surface area contributed by atoms with E-state index in [-0.39, 0.29) is 18.0 Å². The summed E-state index contributed by atoms with van der Waals surface area (Å²) >= 11 is 0. The van der Waals surface area contributed by atoms with E-state index in [1.807, 2.05) is 25.1 Å². The van der Waals surface area contributed by atoms with Gasteiger partial charge in [0.15, 0.2) is 5.78 Å². The summed E-state index contributed by atoms with van der Waals surface area (Å²) in [6.45, 7) is 1.98. The van der Waals surface area contributed by atoms with Crippen molar-refractivity contribution in [3.05, 3.63) is 71.2 Å². The van der Waals surface area contributed by atoms with Gasteiger partial charge in [-0.25, -0.2) is 4.39 Å². The Hall–Kier alpha value is -2.42. The van der Waals surface area contributed by atoms with Gasteiger partial charge in [0, 0.05) is 29.1 Å². The van der Waals surface area contributed by atoms with Crippen molar-refractivity contribution in [2.24, 2.45) is 0 Å². The summed E-state index contributed by atoms with van der Waals surface area (Å²) < 4.78 is 13.2. The predicted molar refractivity (Wildman–Crippen MR) is 77.5 cm³/mol. The zero-order chi connectivity index (χ0) is 14.1. The second-order valence-electron chi connectivity index (χ2n) is 4.93. The van der Waals surface area contributed by atoms with Gasteiger partial charge in [0.1, 0.15) is 5.82 Å². The molecule has 0 saturated heterocycles. The molecule has 1 heterocycles. The number of hydrogen-bond acceptors (Lipinski definition) is 1. The first-order valence-electron chi connectivity index (χ1n) is 6.49. The van der Waals surface area contributed by atoms with E-state index < -0.39 is 0 Å². The molecule has 0 spiro atoms. The highest BCUT2D eigenvalue weighted by molar-refractivity contribution is 6.09. The summed E-state index contributed by atoms with van der Waals surface area (Å²) in [6.07, 6.45) is 1.94. The summed E-state index contributed by atoms with van der Waals surface area (Å²) in [7, 11) is 0. The Morgan fingerprint density at radius 2 is 2.00 bits per heavy atom. The van der Waals surface area contributed by atoms with Crippen molar-refractivity contribution in [1.29, 1.82) is 0 Å². The minimum atomic E-state index is -0.314. The largest absolute Gasteiger partial charge is 0.360 e. The van der Waals surface area contributed by atoms with Crippen LogP contribution in [-0.2, 0) is 6.42 Å². The molecule has 3 heteroatoms. The molecule has 0 saturated carbocycles. The maximum absolute atomic E-state index is 13.2. The number of carbonyl (C=O) groups excluding carboxylic acids is 1. The van der Waals surface area contributed by atoms with E-state index in [0.717, 1.165) is 16.5 Å². The number of benzene rings is 2. The van der Waals surface area contributed by atoms with E-state index in [2.05, 4.69) is 4.98 Å². The summed E-state index contributed by atoms with van der Waals surface area (Å²) in [5.74, 6) is -0.318. The van der Waals surface area contributed by atoms with Gasteiger partial charge in [-0.05, 0) is 36.2 Å². The van der Waals surface area contributed by atoms with E-state index in [1.54, 1.807) is 18.3 Å². The fourth-order valence-corrected chi connectivity index (χ4v) is 2.52. The first-order valence-corrected chi connectivity index (χ1v) is 6.49. The van der Waals surface area contributed by atoms with Gasteiger partial charge in [0.2, 0.25) is 0 Å². The van der Waals surface area contributed by atoms with Gasteiger partial charge < -0.3 is 4.98 Å². The summed E-state index contributed by atoms with van der Waals surface area (Å²) in [4.78, 5) is 15.5. The van der Waals surface area contributed by atoms with Gasteiger partial charge >= 0.3 is 0 Å². The van der Waals surface area contributed by atoms with Crippen LogP contribution in [0.1, 0.15) is 21.5 Å². The van der Waals surface area contributed by atoms with Crippen LogP contribution in [0.5, 0.6) is 0 Å². The Bertz CT molecular complexity index is 789. The number of aromatic amines is 1. The minimum absolute atomic E-state index is 0.00356. The lowest BCUT2D eigenvalue weighted by Crippen LogP contribution is -2.03. The molecule has 0 unspecified atom stereocenters. The molecular weight excluding hydrogens is 253 g/mol. The normalized spacial score (nSPS) is 10.9. The minimum Gasteiger partial charge on any atom is -0.360 e. The molecule has 0 amide bonds. The summed E-state index contributed by atoms with van der Waals surface area (Å²) in [5, 5.41) is 0.953. The SMILES string of the molecule is Cc1cccc2[nH]cc(C(=O)Cc3cccc(F)c3)c12. The third-order valence-electron chi connectivity index (χ3n) is 3.47. The number of ketones is 1. The number of carbonyl (C=O) groups is 1. The van der Waals surface area contributed by atoms with Crippen LogP contribution >= 0.6 is 0 Å². The Balaban J connectivity index is 1.97. The Labute approximate surface area is 116 Å². The van der Waals surface area contributed by atoms with Crippen LogP contribution in [0.3, 0.4) is 0 Å². The molecule has 3 rings (SSSR count). The zero-order valence-corrected chi connectivity index (χ0v) is 11.1. The third kappa shape index (κ3) is 2.23. The Morgan fingerprint density at radius 3 is 2.80 bits per heavy atom. The molecule has 2 nitrogen and oxygen atoms in total. The van der Waals surface area contributed by atoms with Gasteiger partial charge in [0.25, 0.3) is 0 Å². The molecule has 0 aliphatic heterocycles. The quantitative estimate of drug-likeness (QED) is 0.714. The van der Waals surface area contributed by atoms with E-state index in [1.165, 1.54) is 12.1 Å². The number of aryl methyl sites for hydroxylation is 1. The van der Waals surface area contributed by atoms with Crippen LogP contribution in [0.25, 0.3) is 10.9 Å². The Morgan fingerprint density at radius 1 is 1.20 bits per heavy atom. The monoisotopic (exact) mass is 267 g/mol. The lowest BCUT2D eigenvalue weighted by atomic mass is 10.00. The number of halogens is 1. The molecule has 100 valence electrons. The third-order valence-corrected chi connectivity index (χ3v) is 3.47. The molecule has 0 radical (unpaired) electrons. The fraction of sp³-hybridized carbons (Fsp3) is 0.118. The van der Waals surface area contributed by atoms with E-state index >= 15 is 0 Å². The van der Waals surface area contributed by atoms with Crippen molar-refractivity contribution in [3.8, 4) is 0 Å². The average Bonchev–Trinajstić information content (AvgIpc) is 2.84. The summed E-state index contributed by atoms with van der Waals surface area (Å²) in [5.41, 5.74) is 3.37. The average molecular weight is 267 g/mol. The molecule has 0 atom stereocenters. The molecule has 0 aliphatic rings. The number of hydrogen-bond donors (Lipinski definition) is 1. The van der Waals surface area contributed by atoms with E-state index in [4.69, 9.17) is 0 Å². The molecule has 2 aromatic carbocycles. The second-order valence-corrected chi connectivity index (χ2v) is 4.93. The maximum Gasteiger partial charge on any atom is 0.169 e. The van der Waals surface area contributed by atoms with Crippen LogP contribution in [0.2, 0.25) is 0 Å². The molecule has 0 bridgehead atoms. The van der Waals surface area contributed by atoms with Crippen LogP contribution in [-0.4, -0.2) is 10.8 Å². The molecule has 3 aromatic rings. The molecule has 0 fully saturated rings. The number of rotatable bonds is 3. The first-order chi connectivity index (χ1) is 9.65. The number of nitrogens with one attached hydrogen (secondary N) is 1. The maximum atomic E-state index is 13.2. The van der Waals surface area contributed by atoms with Crippen molar-refractivity contribution in [2.75, 3.05) is 0 Å². The van der Waals surface area contributed by atoms with Crippen LogP contribution in [0.4, 0.5) is 4.39 Å². The number of aromatic nitrogens is 1. The first kappa shape index (κ1) is 12.6. The van der Waals surface area contributed by atoms with Crippen molar-refractivity contribution < 1.29 is 9.18 Å². The Kier molecular flexibility index (Phi) is 3.11. The van der Waals surface area contributed by atoms with Gasteiger partial charge in [-0.15, -0.1) is 0 Å². The van der Waals surface area contributed by atoms with Crippen LogP contribution in [0, 0.1) is 12.7 Å². The highest BCUT2D eigenvalue weighted by Gasteiger charge is 2.14. The van der Waals surface area contributed by atoms with Gasteiger partial charge in [-0.2, -0.15) is 0 Å². The lowest BCUT2D eigenvalue weighted by Gasteiger charge is -2.02. The standard InChI is InChI=1S/C17H14FNO/c1-11-4-2-7-15-17(11)14(10-19-15)16(20)9-12-5-3-6-13(18)8-12/h2-8,10,19H,9H2,1H3. The smallest absolute Gasteiger partial charge is 0.169 e. The van der Waals surface area contributed by atoms with Gasteiger partial charge in [-0.3, -0.25) is 4.79 Å². The molecule has 20 heavy (non-hydrogen) atoms. The van der Waals surface area contributed by atoms with E-state index in [9.17, 15) is 9.18 Å². The van der Waals surface area contributed by atoms with E-state index in [0.29, 0.717) is 11.1 Å².